The molecule has 0 radical (unpaired) electrons. The van der Waals surface area contributed by atoms with Crippen molar-refractivity contribution in [3.05, 3.63) is 29.8 Å². The second-order valence-corrected chi connectivity index (χ2v) is 4.22. The lowest BCUT2D eigenvalue weighted by Gasteiger charge is -2.07. The predicted octanol–water partition coefficient (Wildman–Crippen LogP) is 0.549. The van der Waals surface area contributed by atoms with Crippen LogP contribution in [0, 0.1) is 0 Å². The van der Waals surface area contributed by atoms with E-state index in [1.807, 2.05) is 0 Å². The molecule has 1 aromatic rings. The second kappa shape index (κ2) is 8.10. The van der Waals surface area contributed by atoms with E-state index >= 15 is 0 Å². The summed E-state index contributed by atoms with van der Waals surface area (Å²) in [6, 6.07) is 6.95. The minimum absolute atomic E-state index is 0.166. The third-order valence-electron chi connectivity index (χ3n) is 2.73. The van der Waals surface area contributed by atoms with Crippen LogP contribution >= 0.6 is 0 Å². The maximum atomic E-state index is 11.8. The van der Waals surface area contributed by atoms with Gasteiger partial charge in [-0.2, -0.15) is 0 Å². The SMILES string of the molecule is NNC(=O)CCCCCNC(=O)c1ccccc1N. The van der Waals surface area contributed by atoms with Crippen molar-refractivity contribution < 1.29 is 9.59 Å². The van der Waals surface area contributed by atoms with E-state index in [1.165, 1.54) is 0 Å². The lowest BCUT2D eigenvalue weighted by Crippen LogP contribution is -2.29. The largest absolute Gasteiger partial charge is 0.398 e. The normalized spacial score (nSPS) is 9.95. The summed E-state index contributed by atoms with van der Waals surface area (Å²) in [4.78, 5) is 22.6. The summed E-state index contributed by atoms with van der Waals surface area (Å²) in [5, 5.41) is 2.80. The number of rotatable bonds is 7. The van der Waals surface area contributed by atoms with Crippen molar-refractivity contribution in [3.63, 3.8) is 0 Å². The Morgan fingerprint density at radius 2 is 1.84 bits per heavy atom. The van der Waals surface area contributed by atoms with Gasteiger partial charge in [-0.25, -0.2) is 5.84 Å². The topological polar surface area (TPSA) is 110 Å². The maximum Gasteiger partial charge on any atom is 0.253 e. The number of hydrazine groups is 1. The number of para-hydroxylation sites is 1. The Hall–Kier alpha value is -2.08. The van der Waals surface area contributed by atoms with E-state index in [-0.39, 0.29) is 11.8 Å². The van der Waals surface area contributed by atoms with Crippen LogP contribution in [0.1, 0.15) is 36.0 Å². The van der Waals surface area contributed by atoms with Gasteiger partial charge in [-0.05, 0) is 25.0 Å². The lowest BCUT2D eigenvalue weighted by molar-refractivity contribution is -0.121. The molecule has 6 nitrogen and oxygen atoms in total. The molecule has 104 valence electrons. The molecule has 0 saturated carbocycles. The van der Waals surface area contributed by atoms with Crippen LogP contribution in [-0.2, 0) is 4.79 Å². The number of anilines is 1. The van der Waals surface area contributed by atoms with Crippen molar-refractivity contribution in [1.29, 1.82) is 0 Å². The number of carbonyl (C=O) groups is 2. The van der Waals surface area contributed by atoms with Crippen LogP contribution in [0.3, 0.4) is 0 Å². The van der Waals surface area contributed by atoms with Crippen molar-refractivity contribution >= 4 is 17.5 Å². The van der Waals surface area contributed by atoms with E-state index in [2.05, 4.69) is 10.7 Å². The average Bonchev–Trinajstić information content (AvgIpc) is 2.42. The minimum Gasteiger partial charge on any atom is -0.398 e. The molecular formula is C13H20N4O2. The van der Waals surface area contributed by atoms with E-state index in [1.54, 1.807) is 24.3 Å². The van der Waals surface area contributed by atoms with Gasteiger partial charge in [0.1, 0.15) is 0 Å². The van der Waals surface area contributed by atoms with E-state index in [0.717, 1.165) is 19.3 Å². The third-order valence-corrected chi connectivity index (χ3v) is 2.73. The van der Waals surface area contributed by atoms with E-state index < -0.39 is 0 Å². The molecule has 0 unspecified atom stereocenters. The molecule has 0 aliphatic rings. The van der Waals surface area contributed by atoms with Crippen LogP contribution in [0.5, 0.6) is 0 Å². The Labute approximate surface area is 112 Å². The zero-order valence-corrected chi connectivity index (χ0v) is 10.8. The van der Waals surface area contributed by atoms with Crippen LogP contribution in [0.15, 0.2) is 24.3 Å². The quantitative estimate of drug-likeness (QED) is 0.189. The van der Waals surface area contributed by atoms with Crippen LogP contribution < -0.4 is 22.3 Å². The first kappa shape index (κ1) is 15.0. The van der Waals surface area contributed by atoms with Crippen LogP contribution in [0.4, 0.5) is 5.69 Å². The molecule has 6 heteroatoms. The first-order chi connectivity index (χ1) is 9.15. The highest BCUT2D eigenvalue weighted by atomic mass is 16.2. The molecule has 0 aliphatic heterocycles. The van der Waals surface area contributed by atoms with Crippen molar-refractivity contribution in [2.24, 2.45) is 5.84 Å². The first-order valence-corrected chi connectivity index (χ1v) is 6.27. The molecule has 2 amide bonds. The van der Waals surface area contributed by atoms with Gasteiger partial charge in [0.15, 0.2) is 0 Å². The molecule has 0 saturated heterocycles. The fourth-order valence-corrected chi connectivity index (χ4v) is 1.66. The third kappa shape index (κ3) is 5.39. The van der Waals surface area contributed by atoms with Gasteiger partial charge in [-0.3, -0.25) is 15.0 Å². The molecule has 0 bridgehead atoms. The molecule has 1 aromatic carbocycles. The summed E-state index contributed by atoms with van der Waals surface area (Å²) in [6.45, 7) is 0.567. The Morgan fingerprint density at radius 3 is 2.53 bits per heavy atom. The van der Waals surface area contributed by atoms with Crippen molar-refractivity contribution in [1.82, 2.24) is 10.7 Å². The van der Waals surface area contributed by atoms with Crippen LogP contribution in [0.2, 0.25) is 0 Å². The molecule has 0 atom stereocenters. The molecule has 19 heavy (non-hydrogen) atoms. The molecule has 0 heterocycles. The van der Waals surface area contributed by atoms with Crippen molar-refractivity contribution in [2.45, 2.75) is 25.7 Å². The van der Waals surface area contributed by atoms with Crippen LogP contribution in [0.25, 0.3) is 0 Å². The summed E-state index contributed by atoms with van der Waals surface area (Å²) in [7, 11) is 0. The number of hydrogen-bond acceptors (Lipinski definition) is 4. The molecule has 1 rings (SSSR count). The Kier molecular flexibility index (Phi) is 6.38. The average molecular weight is 264 g/mol. The summed E-state index contributed by atoms with van der Waals surface area (Å²) >= 11 is 0. The highest BCUT2D eigenvalue weighted by Gasteiger charge is 2.07. The number of hydrogen-bond donors (Lipinski definition) is 4. The highest BCUT2D eigenvalue weighted by Crippen LogP contribution is 2.09. The molecule has 0 fully saturated rings. The number of unbranched alkanes of at least 4 members (excludes halogenated alkanes) is 2. The number of amides is 2. The number of nitrogen functional groups attached to an aromatic ring is 1. The number of benzene rings is 1. The summed E-state index contributed by atoms with van der Waals surface area (Å²) < 4.78 is 0. The maximum absolute atomic E-state index is 11.8. The van der Waals surface area contributed by atoms with Gasteiger partial charge in [0, 0.05) is 18.7 Å². The Balaban J connectivity index is 2.18. The van der Waals surface area contributed by atoms with Gasteiger partial charge in [0.25, 0.3) is 5.91 Å². The fraction of sp³-hybridized carbons (Fsp3) is 0.385. The smallest absolute Gasteiger partial charge is 0.253 e. The minimum atomic E-state index is -0.169. The Morgan fingerprint density at radius 1 is 1.11 bits per heavy atom. The lowest BCUT2D eigenvalue weighted by atomic mass is 10.1. The zero-order valence-electron chi connectivity index (χ0n) is 10.8. The van der Waals surface area contributed by atoms with Crippen LogP contribution in [-0.4, -0.2) is 18.4 Å². The zero-order chi connectivity index (χ0) is 14.1. The molecule has 6 N–H and O–H groups in total. The Bertz CT molecular complexity index is 434. The van der Waals surface area contributed by atoms with Gasteiger partial charge in [0.05, 0.1) is 5.56 Å². The second-order valence-electron chi connectivity index (χ2n) is 4.22. The van der Waals surface area contributed by atoms with Crippen molar-refractivity contribution in [2.75, 3.05) is 12.3 Å². The molecule has 0 aliphatic carbocycles. The molecule has 0 spiro atoms. The molecule has 0 aromatic heterocycles. The van der Waals surface area contributed by atoms with Gasteiger partial charge in [0.2, 0.25) is 5.91 Å². The first-order valence-electron chi connectivity index (χ1n) is 6.27. The van der Waals surface area contributed by atoms with Crippen molar-refractivity contribution in [3.8, 4) is 0 Å². The summed E-state index contributed by atoms with van der Waals surface area (Å²) in [5.41, 5.74) is 8.75. The van der Waals surface area contributed by atoms with E-state index in [0.29, 0.717) is 24.2 Å². The van der Waals surface area contributed by atoms with Gasteiger partial charge in [-0.1, -0.05) is 18.6 Å². The number of carbonyl (C=O) groups excluding carboxylic acids is 2. The standard InChI is InChI=1S/C13H20N4O2/c14-11-7-4-3-6-10(11)13(19)16-9-5-1-2-8-12(18)17-15/h3-4,6-7H,1-2,5,8-9,14-15H2,(H,16,19)(H,17,18). The number of nitrogens with one attached hydrogen (secondary N) is 2. The van der Waals surface area contributed by atoms with E-state index in [9.17, 15) is 9.59 Å². The highest BCUT2D eigenvalue weighted by molar-refractivity contribution is 5.98. The van der Waals surface area contributed by atoms with Gasteiger partial charge >= 0.3 is 0 Å². The van der Waals surface area contributed by atoms with E-state index in [4.69, 9.17) is 11.6 Å². The van der Waals surface area contributed by atoms with Gasteiger partial charge in [-0.15, -0.1) is 0 Å². The molecular weight excluding hydrogens is 244 g/mol. The summed E-state index contributed by atoms with van der Waals surface area (Å²) in [6.07, 6.45) is 2.84. The summed E-state index contributed by atoms with van der Waals surface area (Å²) in [5.74, 6) is 4.63. The fourth-order valence-electron chi connectivity index (χ4n) is 1.66. The number of nitrogens with two attached hydrogens (primary N) is 2. The van der Waals surface area contributed by atoms with Gasteiger partial charge < -0.3 is 11.1 Å². The predicted molar refractivity (Wildman–Crippen MR) is 74.0 cm³/mol. The monoisotopic (exact) mass is 264 g/mol.